The number of carbonyl (C=O) groups excluding carboxylic acids is 2. The highest BCUT2D eigenvalue weighted by atomic mass is 35.5. The minimum atomic E-state index is -0.531. The summed E-state index contributed by atoms with van der Waals surface area (Å²) in [4.78, 5) is 24.0. The van der Waals surface area contributed by atoms with Crippen LogP contribution in [0.4, 0.5) is 0 Å². The lowest BCUT2D eigenvalue weighted by molar-refractivity contribution is -0.133. The second-order valence-corrected chi connectivity index (χ2v) is 6.48. The van der Waals surface area contributed by atoms with Crippen molar-refractivity contribution in [3.63, 3.8) is 0 Å². The lowest BCUT2D eigenvalue weighted by Crippen LogP contribution is -2.47. The molecule has 0 spiro atoms. The summed E-state index contributed by atoms with van der Waals surface area (Å²) >= 11 is 7.14. The molecule has 0 aromatic heterocycles. The van der Waals surface area contributed by atoms with E-state index in [4.69, 9.17) is 11.6 Å². The molecule has 6 heteroatoms. The highest BCUT2D eigenvalue weighted by Gasteiger charge is 2.21. The second-order valence-electron chi connectivity index (χ2n) is 4.99. The average molecular weight is 301 g/mol. The van der Waals surface area contributed by atoms with Crippen LogP contribution in [0.2, 0.25) is 5.02 Å². The molecule has 0 aliphatic heterocycles. The number of rotatable bonds is 3. The van der Waals surface area contributed by atoms with Gasteiger partial charge in [0.15, 0.2) is 0 Å². The fourth-order valence-corrected chi connectivity index (χ4v) is 1.85. The van der Waals surface area contributed by atoms with Gasteiger partial charge in [-0.3, -0.25) is 20.4 Å². The smallest absolute Gasteiger partial charge is 0.248 e. The van der Waals surface area contributed by atoms with E-state index in [1.54, 1.807) is 32.9 Å². The van der Waals surface area contributed by atoms with E-state index in [-0.39, 0.29) is 17.6 Å². The Morgan fingerprint density at radius 3 is 2.26 bits per heavy atom. The summed E-state index contributed by atoms with van der Waals surface area (Å²) in [5.74, 6) is -0.249. The molecule has 4 nitrogen and oxygen atoms in total. The van der Waals surface area contributed by atoms with Gasteiger partial charge in [-0.05, 0) is 24.3 Å². The van der Waals surface area contributed by atoms with Crippen LogP contribution in [-0.2, 0) is 9.59 Å². The minimum absolute atomic E-state index is 0.225. The Labute approximate surface area is 122 Å². The van der Waals surface area contributed by atoms with Gasteiger partial charge in [-0.2, -0.15) is 0 Å². The highest BCUT2D eigenvalue weighted by molar-refractivity contribution is 8.00. The summed E-state index contributed by atoms with van der Waals surface area (Å²) < 4.78 is 0. The predicted octanol–water partition coefficient (Wildman–Crippen LogP) is 2.63. The maximum atomic E-state index is 11.5. The van der Waals surface area contributed by atoms with Crippen molar-refractivity contribution < 1.29 is 9.59 Å². The van der Waals surface area contributed by atoms with Crippen LogP contribution in [0.15, 0.2) is 29.2 Å². The SMILES string of the molecule is CC(C)(C)C(=O)NNC(=O)CSc1ccc(Cl)cc1. The predicted molar refractivity (Wildman–Crippen MR) is 77.9 cm³/mol. The van der Waals surface area contributed by atoms with Crippen LogP contribution >= 0.6 is 23.4 Å². The Balaban J connectivity index is 2.32. The van der Waals surface area contributed by atoms with Crippen molar-refractivity contribution in [1.29, 1.82) is 0 Å². The van der Waals surface area contributed by atoms with Crippen LogP contribution in [0.25, 0.3) is 0 Å². The molecule has 0 aliphatic carbocycles. The summed E-state index contributed by atoms with van der Waals surface area (Å²) in [6, 6.07) is 7.22. The number of hydrazine groups is 1. The van der Waals surface area contributed by atoms with Crippen molar-refractivity contribution in [2.45, 2.75) is 25.7 Å². The number of halogens is 1. The number of hydrogen-bond donors (Lipinski definition) is 2. The molecule has 1 aromatic rings. The summed E-state index contributed by atoms with van der Waals surface area (Å²) in [5, 5.41) is 0.659. The Kier molecular flexibility index (Phi) is 5.69. The Morgan fingerprint density at radius 1 is 1.16 bits per heavy atom. The first-order chi connectivity index (χ1) is 8.79. The van der Waals surface area contributed by atoms with Gasteiger partial charge in [-0.1, -0.05) is 32.4 Å². The molecule has 0 heterocycles. The lowest BCUT2D eigenvalue weighted by Gasteiger charge is -2.17. The van der Waals surface area contributed by atoms with Crippen molar-refractivity contribution in [3.05, 3.63) is 29.3 Å². The van der Waals surface area contributed by atoms with Crippen LogP contribution in [-0.4, -0.2) is 17.6 Å². The molecule has 0 fully saturated rings. The van der Waals surface area contributed by atoms with Crippen molar-refractivity contribution in [2.24, 2.45) is 5.41 Å². The molecule has 0 saturated heterocycles. The Hall–Kier alpha value is -1.20. The molecule has 2 amide bonds. The van der Waals surface area contributed by atoms with E-state index in [0.29, 0.717) is 5.02 Å². The lowest BCUT2D eigenvalue weighted by atomic mass is 9.96. The normalized spacial score (nSPS) is 10.9. The van der Waals surface area contributed by atoms with Crippen LogP contribution in [0.1, 0.15) is 20.8 Å². The minimum Gasteiger partial charge on any atom is -0.273 e. The molecular formula is C13H17ClN2O2S. The first-order valence-electron chi connectivity index (χ1n) is 5.76. The van der Waals surface area contributed by atoms with E-state index in [2.05, 4.69) is 10.9 Å². The van der Waals surface area contributed by atoms with Crippen molar-refractivity contribution >= 4 is 35.2 Å². The number of amides is 2. The Bertz CT molecular complexity index is 455. The van der Waals surface area contributed by atoms with Gasteiger partial charge >= 0.3 is 0 Å². The Morgan fingerprint density at radius 2 is 1.74 bits per heavy atom. The van der Waals surface area contributed by atoms with Gasteiger partial charge in [0.05, 0.1) is 5.75 Å². The van der Waals surface area contributed by atoms with E-state index in [9.17, 15) is 9.59 Å². The highest BCUT2D eigenvalue weighted by Crippen LogP contribution is 2.19. The van der Waals surface area contributed by atoms with E-state index >= 15 is 0 Å². The average Bonchev–Trinajstić information content (AvgIpc) is 2.34. The van der Waals surface area contributed by atoms with Gasteiger partial charge in [0.25, 0.3) is 0 Å². The molecule has 0 aliphatic rings. The summed E-state index contributed by atoms with van der Waals surface area (Å²) in [7, 11) is 0. The molecule has 104 valence electrons. The molecule has 1 rings (SSSR count). The van der Waals surface area contributed by atoms with Crippen molar-refractivity contribution in [1.82, 2.24) is 10.9 Å². The van der Waals surface area contributed by atoms with Gasteiger partial charge in [0, 0.05) is 15.3 Å². The molecule has 0 unspecified atom stereocenters. The van der Waals surface area contributed by atoms with Crippen molar-refractivity contribution in [2.75, 3.05) is 5.75 Å². The summed E-state index contributed by atoms with van der Waals surface area (Å²) in [6.45, 7) is 5.32. The van der Waals surface area contributed by atoms with Crippen LogP contribution < -0.4 is 10.9 Å². The van der Waals surface area contributed by atoms with E-state index in [0.717, 1.165) is 4.90 Å². The monoisotopic (exact) mass is 300 g/mol. The molecule has 2 N–H and O–H groups in total. The molecule has 19 heavy (non-hydrogen) atoms. The first kappa shape index (κ1) is 15.9. The zero-order chi connectivity index (χ0) is 14.5. The molecule has 0 atom stereocenters. The second kappa shape index (κ2) is 6.82. The molecule has 1 aromatic carbocycles. The molecular weight excluding hydrogens is 284 g/mol. The third kappa shape index (κ3) is 5.98. The quantitative estimate of drug-likeness (QED) is 0.666. The number of carbonyl (C=O) groups is 2. The van der Waals surface area contributed by atoms with Crippen LogP contribution in [0.3, 0.4) is 0 Å². The number of benzene rings is 1. The van der Waals surface area contributed by atoms with E-state index < -0.39 is 5.41 Å². The number of nitrogens with one attached hydrogen (secondary N) is 2. The third-order valence-electron chi connectivity index (χ3n) is 2.18. The zero-order valence-electron chi connectivity index (χ0n) is 11.1. The van der Waals surface area contributed by atoms with Gasteiger partial charge in [0.2, 0.25) is 11.8 Å². The summed E-state index contributed by atoms with van der Waals surface area (Å²) in [5.41, 5.74) is 4.25. The van der Waals surface area contributed by atoms with E-state index in [1.165, 1.54) is 11.8 Å². The maximum absolute atomic E-state index is 11.5. The summed E-state index contributed by atoms with van der Waals surface area (Å²) in [6.07, 6.45) is 0. The van der Waals surface area contributed by atoms with Crippen LogP contribution in [0, 0.1) is 5.41 Å². The number of thioether (sulfide) groups is 1. The maximum Gasteiger partial charge on any atom is 0.248 e. The van der Waals surface area contributed by atoms with Gasteiger partial charge in [0.1, 0.15) is 0 Å². The third-order valence-corrected chi connectivity index (χ3v) is 3.44. The molecule has 0 radical (unpaired) electrons. The largest absolute Gasteiger partial charge is 0.273 e. The first-order valence-corrected chi connectivity index (χ1v) is 7.13. The van der Waals surface area contributed by atoms with Gasteiger partial charge in [-0.15, -0.1) is 11.8 Å². The standard InChI is InChI=1S/C13H17ClN2O2S/c1-13(2,3)12(18)16-15-11(17)8-19-10-6-4-9(14)5-7-10/h4-7H,8H2,1-3H3,(H,15,17)(H,16,18). The molecule has 0 bridgehead atoms. The fraction of sp³-hybridized carbons (Fsp3) is 0.385. The van der Waals surface area contributed by atoms with Crippen LogP contribution in [0.5, 0.6) is 0 Å². The zero-order valence-corrected chi connectivity index (χ0v) is 12.7. The topological polar surface area (TPSA) is 58.2 Å². The van der Waals surface area contributed by atoms with E-state index in [1.807, 2.05) is 12.1 Å². The number of hydrogen-bond acceptors (Lipinski definition) is 3. The fourth-order valence-electron chi connectivity index (χ4n) is 1.03. The van der Waals surface area contributed by atoms with Gasteiger partial charge in [-0.25, -0.2) is 0 Å². The van der Waals surface area contributed by atoms with Crippen molar-refractivity contribution in [3.8, 4) is 0 Å². The van der Waals surface area contributed by atoms with Gasteiger partial charge < -0.3 is 0 Å². The molecule has 0 saturated carbocycles.